The van der Waals surface area contributed by atoms with Crippen molar-refractivity contribution in [2.45, 2.75) is 29.7 Å². The first-order valence-corrected chi connectivity index (χ1v) is 10.3. The van der Waals surface area contributed by atoms with E-state index < -0.39 is 10.0 Å². The lowest BCUT2D eigenvalue weighted by Crippen LogP contribution is -2.15. The van der Waals surface area contributed by atoms with E-state index >= 15 is 0 Å². The van der Waals surface area contributed by atoms with Crippen LogP contribution >= 0.6 is 11.8 Å². The summed E-state index contributed by atoms with van der Waals surface area (Å²) in [6.07, 6.45) is 1.75. The van der Waals surface area contributed by atoms with E-state index in [0.717, 1.165) is 18.5 Å². The Hall–Kier alpha value is -2.41. The summed E-state index contributed by atoms with van der Waals surface area (Å²) >= 11 is 1.18. The molecule has 1 amide bonds. The number of sulfonamides is 1. The number of anilines is 1. The normalized spacial score (nSPS) is 11.0. The summed E-state index contributed by atoms with van der Waals surface area (Å²) in [7, 11) is -3.77. The molecule has 0 saturated heterocycles. The molecule has 0 saturated carbocycles. The lowest BCUT2D eigenvalue weighted by atomic mass is 10.2. The van der Waals surface area contributed by atoms with Gasteiger partial charge in [-0.1, -0.05) is 25.1 Å². The molecule has 0 aliphatic rings. The number of amides is 1. The van der Waals surface area contributed by atoms with Crippen molar-refractivity contribution in [3.05, 3.63) is 47.7 Å². The van der Waals surface area contributed by atoms with E-state index in [2.05, 4.69) is 16.4 Å². The minimum Gasteiger partial charge on any atom is -0.325 e. The molecule has 26 heavy (non-hydrogen) atoms. The number of primary sulfonamides is 1. The van der Waals surface area contributed by atoms with Crippen LogP contribution in [0.15, 0.2) is 46.3 Å². The monoisotopic (exact) mass is 390 g/mol. The van der Waals surface area contributed by atoms with Crippen LogP contribution < -0.4 is 10.5 Å². The fourth-order valence-electron chi connectivity index (χ4n) is 2.13. The number of aryl methyl sites for hydroxylation is 1. The molecular weight excluding hydrogens is 372 g/mol. The lowest BCUT2D eigenvalue weighted by molar-refractivity contribution is -0.113. The minimum absolute atomic E-state index is 0.0273. The Bertz CT molecular complexity index is 935. The number of benzene rings is 1. The summed E-state index contributed by atoms with van der Waals surface area (Å²) in [6.45, 7) is 2.04. The third-order valence-corrected chi connectivity index (χ3v) is 5.27. The van der Waals surface area contributed by atoms with Gasteiger partial charge in [-0.05, 0) is 42.8 Å². The van der Waals surface area contributed by atoms with Crippen LogP contribution in [0.2, 0.25) is 0 Å². The van der Waals surface area contributed by atoms with Crippen molar-refractivity contribution in [2.24, 2.45) is 5.14 Å². The van der Waals surface area contributed by atoms with Crippen LogP contribution in [0.25, 0.3) is 0 Å². The topological polar surface area (TPSA) is 126 Å². The van der Waals surface area contributed by atoms with E-state index in [0.29, 0.717) is 16.3 Å². The van der Waals surface area contributed by atoms with Crippen molar-refractivity contribution in [3.63, 3.8) is 0 Å². The molecule has 1 aromatic heterocycles. The molecule has 2 rings (SSSR count). The van der Waals surface area contributed by atoms with Crippen molar-refractivity contribution in [1.82, 2.24) is 4.98 Å². The number of thioether (sulfide) groups is 1. The van der Waals surface area contributed by atoms with Crippen molar-refractivity contribution < 1.29 is 13.2 Å². The molecule has 136 valence electrons. The first kappa shape index (κ1) is 19.9. The van der Waals surface area contributed by atoms with Crippen LogP contribution in [0.3, 0.4) is 0 Å². The van der Waals surface area contributed by atoms with Gasteiger partial charge in [-0.2, -0.15) is 5.26 Å². The molecule has 7 nitrogen and oxygen atoms in total. The third kappa shape index (κ3) is 5.56. The van der Waals surface area contributed by atoms with Gasteiger partial charge in [0.1, 0.15) is 11.1 Å². The van der Waals surface area contributed by atoms with E-state index in [1.807, 2.05) is 13.0 Å². The van der Waals surface area contributed by atoms with E-state index in [-0.39, 0.29) is 16.6 Å². The van der Waals surface area contributed by atoms with Gasteiger partial charge in [-0.25, -0.2) is 18.5 Å². The number of aromatic nitrogens is 1. The molecule has 0 bridgehead atoms. The highest BCUT2D eigenvalue weighted by Crippen LogP contribution is 2.21. The van der Waals surface area contributed by atoms with Gasteiger partial charge >= 0.3 is 0 Å². The average molecular weight is 390 g/mol. The van der Waals surface area contributed by atoms with Crippen LogP contribution in [-0.4, -0.2) is 25.1 Å². The zero-order chi connectivity index (χ0) is 19.2. The van der Waals surface area contributed by atoms with Crippen LogP contribution in [-0.2, 0) is 21.2 Å². The van der Waals surface area contributed by atoms with Crippen molar-refractivity contribution in [2.75, 3.05) is 11.1 Å². The molecule has 3 N–H and O–H groups in total. The number of pyridine rings is 1. The molecular formula is C17H18N4O3S2. The minimum atomic E-state index is -3.77. The maximum atomic E-state index is 12.1. The third-order valence-electron chi connectivity index (χ3n) is 3.35. The molecule has 0 atom stereocenters. The predicted octanol–water partition coefficient (Wildman–Crippen LogP) is 2.28. The lowest BCUT2D eigenvalue weighted by Gasteiger charge is -2.07. The van der Waals surface area contributed by atoms with Gasteiger partial charge in [0.25, 0.3) is 0 Å². The predicted molar refractivity (Wildman–Crippen MR) is 100 cm³/mol. The second-order valence-corrected chi connectivity index (χ2v) is 7.95. The SMILES string of the molecule is CCCc1ccc(C#N)c(SCC(=O)Nc2ccc(S(N)(=O)=O)cc2)n1. The highest BCUT2D eigenvalue weighted by molar-refractivity contribution is 8.00. The van der Waals surface area contributed by atoms with Crippen molar-refractivity contribution in [1.29, 1.82) is 5.26 Å². The maximum absolute atomic E-state index is 12.1. The summed E-state index contributed by atoms with van der Waals surface area (Å²) in [5, 5.41) is 17.4. The van der Waals surface area contributed by atoms with Crippen LogP contribution in [0.5, 0.6) is 0 Å². The van der Waals surface area contributed by atoms with Gasteiger partial charge in [0, 0.05) is 11.4 Å². The summed E-state index contributed by atoms with van der Waals surface area (Å²) in [6, 6.07) is 11.2. The molecule has 0 unspecified atom stereocenters. The number of nitriles is 1. The van der Waals surface area contributed by atoms with Crippen LogP contribution in [0.4, 0.5) is 5.69 Å². The summed E-state index contributed by atoms with van der Waals surface area (Å²) < 4.78 is 22.4. The van der Waals surface area contributed by atoms with Gasteiger partial charge in [0.15, 0.2) is 0 Å². The van der Waals surface area contributed by atoms with Crippen molar-refractivity contribution >= 4 is 33.4 Å². The van der Waals surface area contributed by atoms with Crippen molar-refractivity contribution in [3.8, 4) is 6.07 Å². The number of hydrogen-bond acceptors (Lipinski definition) is 6. The number of nitrogens with zero attached hydrogens (tertiary/aromatic N) is 2. The molecule has 0 aliphatic carbocycles. The van der Waals surface area contributed by atoms with Crippen LogP contribution in [0, 0.1) is 11.3 Å². The van der Waals surface area contributed by atoms with Gasteiger partial charge in [0.2, 0.25) is 15.9 Å². The summed E-state index contributed by atoms with van der Waals surface area (Å²) in [4.78, 5) is 16.5. The Kier molecular flexibility index (Phi) is 6.74. The number of carbonyl (C=O) groups is 1. The number of carbonyl (C=O) groups excluding carboxylic acids is 1. The first-order chi connectivity index (χ1) is 12.3. The molecule has 1 heterocycles. The summed E-state index contributed by atoms with van der Waals surface area (Å²) in [5.74, 6) is -0.210. The molecule has 1 aromatic carbocycles. The quantitative estimate of drug-likeness (QED) is 0.699. The highest BCUT2D eigenvalue weighted by atomic mass is 32.2. The van der Waals surface area contributed by atoms with Gasteiger partial charge in [-0.15, -0.1) is 0 Å². The molecule has 9 heteroatoms. The van der Waals surface area contributed by atoms with Gasteiger partial charge in [-0.3, -0.25) is 4.79 Å². The number of nitrogens with one attached hydrogen (secondary N) is 1. The Morgan fingerprint density at radius 3 is 2.54 bits per heavy atom. The second kappa shape index (κ2) is 8.80. The van der Waals surface area contributed by atoms with E-state index in [9.17, 15) is 13.2 Å². The number of hydrogen-bond donors (Lipinski definition) is 2. The number of nitrogens with two attached hydrogens (primary N) is 1. The standard InChI is InChI=1S/C17H18N4O3S2/c1-2-3-13-5-4-12(10-18)17(21-13)25-11-16(22)20-14-6-8-15(9-7-14)26(19,23)24/h4-9H,2-3,11H2,1H3,(H,20,22)(H2,19,23,24). The average Bonchev–Trinajstić information content (AvgIpc) is 2.60. The second-order valence-electron chi connectivity index (χ2n) is 5.42. The molecule has 0 aliphatic heterocycles. The maximum Gasteiger partial charge on any atom is 0.238 e. The Balaban J connectivity index is 2.01. The largest absolute Gasteiger partial charge is 0.325 e. The van der Waals surface area contributed by atoms with E-state index in [4.69, 9.17) is 10.4 Å². The molecule has 0 spiro atoms. The van der Waals surface area contributed by atoms with E-state index in [1.54, 1.807) is 6.07 Å². The smallest absolute Gasteiger partial charge is 0.238 e. The fraction of sp³-hybridized carbons (Fsp3) is 0.235. The van der Waals surface area contributed by atoms with Crippen LogP contribution in [0.1, 0.15) is 24.6 Å². The Labute approximate surface area is 156 Å². The molecule has 2 aromatic rings. The van der Waals surface area contributed by atoms with E-state index in [1.165, 1.54) is 36.0 Å². The zero-order valence-corrected chi connectivity index (χ0v) is 15.7. The highest BCUT2D eigenvalue weighted by Gasteiger charge is 2.11. The first-order valence-electron chi connectivity index (χ1n) is 7.79. The zero-order valence-electron chi connectivity index (χ0n) is 14.1. The fourth-order valence-corrected chi connectivity index (χ4v) is 3.43. The Morgan fingerprint density at radius 2 is 1.96 bits per heavy atom. The van der Waals surface area contributed by atoms with Gasteiger partial charge < -0.3 is 5.32 Å². The number of rotatable bonds is 7. The molecule has 0 radical (unpaired) electrons. The van der Waals surface area contributed by atoms with Gasteiger partial charge in [0.05, 0.1) is 16.2 Å². The Morgan fingerprint density at radius 1 is 1.27 bits per heavy atom. The summed E-state index contributed by atoms with van der Waals surface area (Å²) in [5.41, 5.74) is 1.77. The molecule has 0 fully saturated rings.